The molecule has 2 rings (SSSR count). The molecule has 0 saturated carbocycles. The number of rotatable bonds is 12. The highest BCUT2D eigenvalue weighted by Crippen LogP contribution is 2.41. The summed E-state index contributed by atoms with van der Waals surface area (Å²) in [5, 5.41) is 10.2. The van der Waals surface area contributed by atoms with Crippen molar-refractivity contribution in [2.45, 2.75) is 32.1 Å². The van der Waals surface area contributed by atoms with Crippen LogP contribution in [0.4, 0.5) is 0 Å². The van der Waals surface area contributed by atoms with Gasteiger partial charge in [0, 0.05) is 12.1 Å². The molecule has 0 aliphatic rings. The van der Waals surface area contributed by atoms with E-state index in [1.165, 1.54) is 0 Å². The van der Waals surface area contributed by atoms with E-state index < -0.39 is 5.41 Å². The molecule has 0 heterocycles. The van der Waals surface area contributed by atoms with Crippen molar-refractivity contribution in [3.63, 3.8) is 0 Å². The first kappa shape index (κ1) is 23.6. The van der Waals surface area contributed by atoms with Gasteiger partial charge in [-0.05, 0) is 50.6 Å². The summed E-state index contributed by atoms with van der Waals surface area (Å²) in [7, 11) is 5.39. The van der Waals surface area contributed by atoms with Crippen molar-refractivity contribution in [2.75, 3.05) is 41.0 Å². The number of para-hydroxylation sites is 3. The molecule has 2 aromatic carbocycles. The van der Waals surface area contributed by atoms with E-state index in [0.717, 1.165) is 48.7 Å². The molecule has 2 aromatic rings. The second-order valence-corrected chi connectivity index (χ2v) is 7.84. The third-order valence-corrected chi connectivity index (χ3v) is 5.68. The first-order valence-electron chi connectivity index (χ1n) is 10.5. The summed E-state index contributed by atoms with van der Waals surface area (Å²) in [5.74, 6) is 2.46. The van der Waals surface area contributed by atoms with Gasteiger partial charge >= 0.3 is 0 Å². The predicted octanol–water partition coefficient (Wildman–Crippen LogP) is 4.91. The van der Waals surface area contributed by atoms with E-state index in [4.69, 9.17) is 14.2 Å². The quantitative estimate of drug-likeness (QED) is 0.497. The van der Waals surface area contributed by atoms with Gasteiger partial charge in [-0.25, -0.2) is 0 Å². The molecule has 0 saturated heterocycles. The van der Waals surface area contributed by atoms with Crippen LogP contribution >= 0.6 is 0 Å². The van der Waals surface area contributed by atoms with Crippen LogP contribution in [0.5, 0.6) is 17.2 Å². The van der Waals surface area contributed by atoms with Gasteiger partial charge in [0.1, 0.15) is 12.4 Å². The maximum Gasteiger partial charge on any atom is 0.161 e. The van der Waals surface area contributed by atoms with E-state index in [-0.39, 0.29) is 5.92 Å². The van der Waals surface area contributed by atoms with Crippen LogP contribution < -0.4 is 14.2 Å². The monoisotopic (exact) mass is 410 g/mol. The van der Waals surface area contributed by atoms with Crippen molar-refractivity contribution >= 4 is 0 Å². The van der Waals surface area contributed by atoms with Gasteiger partial charge in [-0.3, -0.25) is 0 Å². The molecule has 0 spiro atoms. The molecule has 162 valence electrons. The Morgan fingerprint density at radius 3 is 2.13 bits per heavy atom. The standard InChI is InChI=1S/C25H34N2O3/c1-20(2)25(19-26,21-11-6-7-12-22(21)28-4)15-10-16-27(3)17-18-30-24-14-9-8-13-23(24)29-5/h6-9,11-14,20H,10,15-18H2,1-5H3/t25-/m1/s1. The zero-order valence-corrected chi connectivity index (χ0v) is 18.9. The van der Waals surface area contributed by atoms with E-state index in [0.29, 0.717) is 6.61 Å². The van der Waals surface area contributed by atoms with E-state index in [9.17, 15) is 5.26 Å². The highest BCUT2D eigenvalue weighted by molar-refractivity contribution is 5.44. The lowest BCUT2D eigenvalue weighted by Crippen LogP contribution is -2.33. The van der Waals surface area contributed by atoms with E-state index in [1.807, 2.05) is 48.5 Å². The molecule has 5 nitrogen and oxygen atoms in total. The Kier molecular flexibility index (Phi) is 9.01. The normalized spacial score (nSPS) is 13.0. The Bertz CT molecular complexity index is 831. The number of hydrogen-bond donors (Lipinski definition) is 0. The fraction of sp³-hybridized carbons (Fsp3) is 0.480. The maximum atomic E-state index is 10.2. The fourth-order valence-electron chi connectivity index (χ4n) is 3.78. The predicted molar refractivity (Wildman–Crippen MR) is 120 cm³/mol. The van der Waals surface area contributed by atoms with Gasteiger partial charge in [-0.2, -0.15) is 5.26 Å². The Hall–Kier alpha value is -2.71. The first-order chi connectivity index (χ1) is 14.5. The van der Waals surface area contributed by atoms with E-state index in [2.05, 4.69) is 31.9 Å². The molecule has 0 fully saturated rings. The van der Waals surface area contributed by atoms with Crippen LogP contribution in [0.1, 0.15) is 32.3 Å². The number of ether oxygens (including phenoxy) is 3. The summed E-state index contributed by atoms with van der Waals surface area (Å²) < 4.78 is 16.7. The lowest BCUT2D eigenvalue weighted by atomic mass is 9.69. The van der Waals surface area contributed by atoms with Gasteiger partial charge in [0.15, 0.2) is 11.5 Å². The lowest BCUT2D eigenvalue weighted by Gasteiger charge is -2.33. The molecule has 0 amide bonds. The van der Waals surface area contributed by atoms with Crippen molar-refractivity contribution in [1.82, 2.24) is 4.90 Å². The van der Waals surface area contributed by atoms with Crippen LogP contribution in [0, 0.1) is 17.2 Å². The van der Waals surface area contributed by atoms with Gasteiger partial charge < -0.3 is 19.1 Å². The lowest BCUT2D eigenvalue weighted by molar-refractivity contribution is 0.222. The number of nitriles is 1. The summed E-state index contributed by atoms with van der Waals surface area (Å²) >= 11 is 0. The maximum absolute atomic E-state index is 10.2. The van der Waals surface area contributed by atoms with Crippen molar-refractivity contribution in [3.05, 3.63) is 54.1 Å². The average Bonchev–Trinajstić information content (AvgIpc) is 2.77. The van der Waals surface area contributed by atoms with Gasteiger partial charge in [0.25, 0.3) is 0 Å². The number of methoxy groups -OCH3 is 2. The molecule has 5 heteroatoms. The van der Waals surface area contributed by atoms with E-state index in [1.54, 1.807) is 14.2 Å². The fourth-order valence-corrected chi connectivity index (χ4v) is 3.78. The minimum Gasteiger partial charge on any atom is -0.496 e. The van der Waals surface area contributed by atoms with Crippen LogP contribution in [0.3, 0.4) is 0 Å². The van der Waals surface area contributed by atoms with Crippen molar-refractivity contribution in [2.24, 2.45) is 5.92 Å². The van der Waals surface area contributed by atoms with Crippen LogP contribution in [-0.4, -0.2) is 45.9 Å². The van der Waals surface area contributed by atoms with Crippen molar-refractivity contribution in [1.29, 1.82) is 5.26 Å². The molecule has 0 radical (unpaired) electrons. The van der Waals surface area contributed by atoms with Crippen LogP contribution in [0.2, 0.25) is 0 Å². The number of benzene rings is 2. The number of hydrogen-bond acceptors (Lipinski definition) is 5. The minimum atomic E-state index is -0.568. The Balaban J connectivity index is 1.93. The van der Waals surface area contributed by atoms with Crippen molar-refractivity contribution < 1.29 is 14.2 Å². The average molecular weight is 411 g/mol. The molecule has 0 bridgehead atoms. The Morgan fingerprint density at radius 2 is 1.53 bits per heavy atom. The first-order valence-corrected chi connectivity index (χ1v) is 10.5. The molecule has 1 atom stereocenters. The third-order valence-electron chi connectivity index (χ3n) is 5.68. The molecular weight excluding hydrogens is 376 g/mol. The SMILES string of the molecule is COc1ccccc1OCCN(C)CCC[C@](C#N)(c1ccccc1OC)C(C)C. The number of nitrogens with zero attached hydrogens (tertiary/aromatic N) is 2. The zero-order chi connectivity index (χ0) is 22.0. The molecular formula is C25H34N2O3. The van der Waals surface area contributed by atoms with Crippen LogP contribution in [0.25, 0.3) is 0 Å². The zero-order valence-electron chi connectivity index (χ0n) is 18.9. The minimum absolute atomic E-state index is 0.179. The third kappa shape index (κ3) is 5.67. The molecule has 0 unspecified atom stereocenters. The summed E-state index contributed by atoms with van der Waals surface area (Å²) in [6.45, 7) is 6.49. The Morgan fingerprint density at radius 1 is 0.933 bits per heavy atom. The van der Waals surface area contributed by atoms with Crippen LogP contribution in [-0.2, 0) is 5.41 Å². The largest absolute Gasteiger partial charge is 0.496 e. The van der Waals surface area contributed by atoms with Gasteiger partial charge in [0.05, 0.1) is 25.7 Å². The highest BCUT2D eigenvalue weighted by atomic mass is 16.5. The van der Waals surface area contributed by atoms with E-state index >= 15 is 0 Å². The molecule has 0 N–H and O–H groups in total. The summed E-state index contributed by atoms with van der Waals surface area (Å²) in [6.07, 6.45) is 1.69. The Labute approximate surface area is 181 Å². The van der Waals surface area contributed by atoms with Gasteiger partial charge in [0.2, 0.25) is 0 Å². The summed E-state index contributed by atoms with van der Waals surface area (Å²) in [6, 6.07) is 18.2. The summed E-state index contributed by atoms with van der Waals surface area (Å²) in [5.41, 5.74) is 0.411. The van der Waals surface area contributed by atoms with Gasteiger partial charge in [-0.1, -0.05) is 44.2 Å². The topological polar surface area (TPSA) is 54.7 Å². The van der Waals surface area contributed by atoms with Crippen LogP contribution in [0.15, 0.2) is 48.5 Å². The molecule has 0 aliphatic carbocycles. The summed E-state index contributed by atoms with van der Waals surface area (Å²) in [4.78, 5) is 2.24. The second-order valence-electron chi connectivity index (χ2n) is 7.84. The number of likely N-dealkylation sites (N-methyl/N-ethyl adjacent to an activating group) is 1. The van der Waals surface area contributed by atoms with Gasteiger partial charge in [-0.15, -0.1) is 0 Å². The smallest absolute Gasteiger partial charge is 0.161 e. The van der Waals surface area contributed by atoms with Crippen molar-refractivity contribution in [3.8, 4) is 23.3 Å². The second kappa shape index (κ2) is 11.5. The molecule has 0 aliphatic heterocycles. The molecule has 0 aromatic heterocycles. The highest BCUT2D eigenvalue weighted by Gasteiger charge is 2.37. The molecule has 30 heavy (non-hydrogen) atoms.